The highest BCUT2D eigenvalue weighted by atomic mass is 16.5. The molecule has 0 spiro atoms. The predicted octanol–water partition coefficient (Wildman–Crippen LogP) is 2.29. The van der Waals surface area contributed by atoms with Crippen LogP contribution in [0.25, 0.3) is 11.1 Å². The number of carboxylic acid groups (broad SMARTS) is 1. The van der Waals surface area contributed by atoms with Crippen molar-refractivity contribution >= 4 is 18.0 Å². The first kappa shape index (κ1) is 24.0. The summed E-state index contributed by atoms with van der Waals surface area (Å²) in [6.45, 7) is -0.0470. The Morgan fingerprint density at radius 1 is 1.09 bits per heavy atom. The van der Waals surface area contributed by atoms with E-state index in [-0.39, 0.29) is 31.4 Å². The monoisotopic (exact) mass is 478 g/mol. The molecule has 0 fully saturated rings. The molecule has 182 valence electrons. The largest absolute Gasteiger partial charge is 0.477 e. The Bertz CT molecular complexity index is 1210. The maximum atomic E-state index is 12.7. The van der Waals surface area contributed by atoms with Gasteiger partial charge in [0.05, 0.1) is 12.8 Å². The molecule has 2 aromatic carbocycles. The molecule has 1 aliphatic rings. The molecule has 0 radical (unpaired) electrons. The number of benzene rings is 2. The Kier molecular flexibility index (Phi) is 7.11. The molecule has 3 aromatic rings. The fourth-order valence-electron chi connectivity index (χ4n) is 4.33. The van der Waals surface area contributed by atoms with Crippen LogP contribution in [0.3, 0.4) is 0 Å². The zero-order valence-corrected chi connectivity index (χ0v) is 19.4. The number of aryl methyl sites for hydroxylation is 1. The highest BCUT2D eigenvalue weighted by Gasteiger charge is 2.30. The number of hydrogen-bond acceptors (Lipinski definition) is 6. The fourth-order valence-corrected chi connectivity index (χ4v) is 4.33. The number of fused-ring (bicyclic) bond motifs is 3. The third-order valence-electron chi connectivity index (χ3n) is 5.96. The Morgan fingerprint density at radius 3 is 2.31 bits per heavy atom. The number of carboxylic acids is 1. The molecule has 4 rings (SSSR count). The molecule has 10 nitrogen and oxygen atoms in total. The molecule has 0 saturated heterocycles. The lowest BCUT2D eigenvalue weighted by Crippen LogP contribution is -2.49. The van der Waals surface area contributed by atoms with E-state index in [0.29, 0.717) is 5.56 Å². The number of nitrogens with zero attached hydrogens (tertiary/aromatic N) is 2. The second kappa shape index (κ2) is 10.4. The van der Waals surface area contributed by atoms with E-state index in [9.17, 15) is 19.5 Å². The van der Waals surface area contributed by atoms with Gasteiger partial charge in [-0.15, -0.1) is 0 Å². The zero-order chi connectivity index (χ0) is 24.9. The lowest BCUT2D eigenvalue weighted by Gasteiger charge is -2.19. The molecule has 0 saturated carbocycles. The average Bonchev–Trinajstić information content (AvgIpc) is 3.38. The van der Waals surface area contributed by atoms with E-state index in [4.69, 9.17) is 9.47 Å². The van der Waals surface area contributed by atoms with Gasteiger partial charge in [0, 0.05) is 32.2 Å². The lowest BCUT2D eigenvalue weighted by atomic mass is 9.98. The van der Waals surface area contributed by atoms with E-state index in [0.717, 1.165) is 22.3 Å². The van der Waals surface area contributed by atoms with Crippen molar-refractivity contribution in [3.8, 4) is 11.1 Å². The van der Waals surface area contributed by atoms with Gasteiger partial charge in [-0.25, -0.2) is 9.59 Å². The van der Waals surface area contributed by atoms with Gasteiger partial charge in [-0.1, -0.05) is 48.5 Å². The number of nitrogens with one attached hydrogen (secondary N) is 2. The number of carbonyl (C=O) groups excluding carboxylic acids is 2. The summed E-state index contributed by atoms with van der Waals surface area (Å²) in [6.07, 6.45) is 0.616. The van der Waals surface area contributed by atoms with Crippen molar-refractivity contribution in [2.24, 2.45) is 7.05 Å². The van der Waals surface area contributed by atoms with Crippen LogP contribution in [-0.4, -0.2) is 59.2 Å². The summed E-state index contributed by atoms with van der Waals surface area (Å²) in [7, 11) is 2.91. The van der Waals surface area contributed by atoms with Gasteiger partial charge in [0.2, 0.25) is 5.91 Å². The van der Waals surface area contributed by atoms with Crippen molar-refractivity contribution in [3.63, 3.8) is 0 Å². The molecule has 35 heavy (non-hydrogen) atoms. The van der Waals surface area contributed by atoms with E-state index in [1.807, 2.05) is 48.5 Å². The third kappa shape index (κ3) is 5.02. The maximum absolute atomic E-state index is 12.7. The molecule has 0 unspecified atom stereocenters. The van der Waals surface area contributed by atoms with Crippen LogP contribution in [-0.2, 0) is 27.9 Å². The van der Waals surface area contributed by atoms with Crippen molar-refractivity contribution in [1.29, 1.82) is 0 Å². The van der Waals surface area contributed by atoms with Crippen molar-refractivity contribution in [2.75, 3.05) is 20.3 Å². The van der Waals surface area contributed by atoms with Crippen molar-refractivity contribution in [2.45, 2.75) is 18.5 Å². The lowest BCUT2D eigenvalue weighted by molar-refractivity contribution is -0.124. The second-order valence-corrected chi connectivity index (χ2v) is 8.14. The summed E-state index contributed by atoms with van der Waals surface area (Å²) >= 11 is 0. The summed E-state index contributed by atoms with van der Waals surface area (Å²) in [5.74, 6) is -1.80. The number of hydrogen-bond donors (Lipinski definition) is 3. The van der Waals surface area contributed by atoms with E-state index in [1.54, 1.807) is 0 Å². The molecule has 1 aromatic heterocycles. The van der Waals surface area contributed by atoms with E-state index in [2.05, 4.69) is 15.7 Å². The van der Waals surface area contributed by atoms with Gasteiger partial charge < -0.3 is 25.2 Å². The van der Waals surface area contributed by atoms with Crippen molar-refractivity contribution < 1.29 is 29.0 Å². The van der Waals surface area contributed by atoms with E-state index in [1.165, 1.54) is 25.0 Å². The van der Waals surface area contributed by atoms with Gasteiger partial charge in [-0.2, -0.15) is 5.10 Å². The SMILES string of the molecule is COC[C@H](NC(=O)OCC1c2ccccc2-c2ccccc21)C(=O)NCc1cnn(C)c1C(=O)O. The standard InChI is InChI=1S/C25H26N4O6/c1-29-22(24(31)32)15(12-27-29)11-26-23(30)21(14-34-2)28-25(33)35-13-20-18-9-5-3-7-16(18)17-8-4-6-10-19(17)20/h3-10,12,20-21H,11,13-14H2,1-2H3,(H,26,30)(H,28,33)(H,31,32)/t21-/m0/s1. The molecule has 1 atom stereocenters. The first-order valence-electron chi connectivity index (χ1n) is 11.0. The van der Waals surface area contributed by atoms with E-state index < -0.39 is 24.0 Å². The van der Waals surface area contributed by atoms with Crippen molar-refractivity contribution in [3.05, 3.63) is 77.1 Å². The van der Waals surface area contributed by atoms with Crippen LogP contribution in [0.5, 0.6) is 0 Å². The Balaban J connectivity index is 1.37. The first-order valence-corrected chi connectivity index (χ1v) is 11.0. The number of amides is 2. The van der Waals surface area contributed by atoms with Crippen LogP contribution in [0, 0.1) is 0 Å². The summed E-state index contributed by atoms with van der Waals surface area (Å²) in [6, 6.07) is 15.0. The van der Waals surface area contributed by atoms with Gasteiger partial charge in [0.1, 0.15) is 12.6 Å². The minimum atomic E-state index is -1.15. The Morgan fingerprint density at radius 2 is 1.71 bits per heavy atom. The quantitative estimate of drug-likeness (QED) is 0.430. The molecule has 1 aliphatic carbocycles. The molecule has 10 heteroatoms. The predicted molar refractivity (Wildman–Crippen MR) is 126 cm³/mol. The van der Waals surface area contributed by atoms with Gasteiger partial charge >= 0.3 is 12.1 Å². The van der Waals surface area contributed by atoms with Crippen LogP contribution in [0.1, 0.15) is 33.1 Å². The van der Waals surface area contributed by atoms with Gasteiger partial charge in [0.15, 0.2) is 5.69 Å². The van der Waals surface area contributed by atoms with Crippen LogP contribution >= 0.6 is 0 Å². The molecular weight excluding hydrogens is 452 g/mol. The summed E-state index contributed by atoms with van der Waals surface area (Å²) < 4.78 is 11.8. The second-order valence-electron chi connectivity index (χ2n) is 8.14. The molecule has 2 amide bonds. The highest BCUT2D eigenvalue weighted by Crippen LogP contribution is 2.44. The summed E-state index contributed by atoms with van der Waals surface area (Å²) in [5.41, 5.74) is 4.70. The maximum Gasteiger partial charge on any atom is 0.407 e. The van der Waals surface area contributed by atoms with Gasteiger partial charge in [-0.05, 0) is 22.3 Å². The Labute approximate surface area is 201 Å². The number of aromatic nitrogens is 2. The summed E-state index contributed by atoms with van der Waals surface area (Å²) in [4.78, 5) is 36.7. The molecule has 1 heterocycles. The highest BCUT2D eigenvalue weighted by molar-refractivity contribution is 5.88. The number of rotatable bonds is 9. The number of carbonyl (C=O) groups is 3. The average molecular weight is 479 g/mol. The number of ether oxygens (including phenoxy) is 2. The smallest absolute Gasteiger partial charge is 0.407 e. The number of aromatic carboxylic acids is 1. The van der Waals surface area contributed by atoms with Crippen LogP contribution in [0.2, 0.25) is 0 Å². The molecule has 0 aliphatic heterocycles. The van der Waals surface area contributed by atoms with E-state index >= 15 is 0 Å². The zero-order valence-electron chi connectivity index (χ0n) is 19.4. The molecule has 0 bridgehead atoms. The van der Waals surface area contributed by atoms with Gasteiger partial charge in [-0.3, -0.25) is 9.48 Å². The van der Waals surface area contributed by atoms with Gasteiger partial charge in [0.25, 0.3) is 0 Å². The minimum absolute atomic E-state index is 0.0295. The first-order chi connectivity index (χ1) is 16.9. The molecule has 3 N–H and O–H groups in total. The third-order valence-corrected chi connectivity index (χ3v) is 5.96. The topological polar surface area (TPSA) is 132 Å². The molecular formula is C25H26N4O6. The van der Waals surface area contributed by atoms with Crippen LogP contribution in [0.4, 0.5) is 4.79 Å². The normalized spacial score (nSPS) is 13.0. The number of methoxy groups -OCH3 is 1. The summed E-state index contributed by atoms with van der Waals surface area (Å²) in [5, 5.41) is 18.4. The van der Waals surface area contributed by atoms with Crippen molar-refractivity contribution in [1.82, 2.24) is 20.4 Å². The Hall–Kier alpha value is -4.18. The van der Waals surface area contributed by atoms with Crippen LogP contribution < -0.4 is 10.6 Å². The van der Waals surface area contributed by atoms with Crippen LogP contribution in [0.15, 0.2) is 54.7 Å². The fraction of sp³-hybridized carbons (Fsp3) is 0.280. The minimum Gasteiger partial charge on any atom is -0.477 e. The number of alkyl carbamates (subject to hydrolysis) is 1.